The summed E-state index contributed by atoms with van der Waals surface area (Å²) in [7, 11) is 0. The van der Waals surface area contributed by atoms with E-state index in [9.17, 15) is 14.0 Å². The fourth-order valence-corrected chi connectivity index (χ4v) is 4.61. The molecule has 0 amide bonds. The van der Waals surface area contributed by atoms with Crippen LogP contribution in [-0.4, -0.2) is 41.5 Å². The van der Waals surface area contributed by atoms with Crippen LogP contribution < -0.4 is 10.5 Å². The lowest BCUT2D eigenvalue weighted by Gasteiger charge is -2.34. The normalized spacial score (nSPS) is 16.8. The number of carbonyl (C=O) groups is 2. The summed E-state index contributed by atoms with van der Waals surface area (Å²) in [6.45, 7) is 3.10. The van der Waals surface area contributed by atoms with Crippen molar-refractivity contribution in [1.82, 2.24) is 4.90 Å². The molecule has 1 unspecified atom stereocenters. The van der Waals surface area contributed by atoms with Crippen LogP contribution in [0.3, 0.4) is 0 Å². The van der Waals surface area contributed by atoms with Crippen LogP contribution in [0.2, 0.25) is 0 Å². The first-order valence-corrected chi connectivity index (χ1v) is 10.9. The number of halogens is 1. The zero-order valence-electron chi connectivity index (χ0n) is 17.0. The second-order valence-corrected chi connectivity index (χ2v) is 8.54. The summed E-state index contributed by atoms with van der Waals surface area (Å²) in [6.07, 6.45) is 2.57. The lowest BCUT2D eigenvalue weighted by molar-refractivity contribution is -0.131. The fraction of sp³-hybridized carbons (Fsp3) is 0.455. The Hall–Kier alpha value is -2.13. The van der Waals surface area contributed by atoms with Crippen LogP contribution in [0.25, 0.3) is 0 Å². The Bertz CT molecular complexity index is 895. The Morgan fingerprint density at radius 1 is 1.37 bits per heavy atom. The molecule has 0 bridgehead atoms. The third-order valence-corrected chi connectivity index (χ3v) is 6.18. The highest BCUT2D eigenvalue weighted by Crippen LogP contribution is 2.41. The van der Waals surface area contributed by atoms with Crippen LogP contribution >= 0.6 is 11.3 Å². The van der Waals surface area contributed by atoms with Crippen LogP contribution in [0.1, 0.15) is 41.8 Å². The van der Waals surface area contributed by atoms with E-state index in [2.05, 4.69) is 4.90 Å². The lowest BCUT2D eigenvalue weighted by Crippen LogP contribution is -2.38. The van der Waals surface area contributed by atoms with Crippen molar-refractivity contribution in [3.63, 3.8) is 0 Å². The molecule has 162 valence electrons. The van der Waals surface area contributed by atoms with Crippen molar-refractivity contribution in [3.8, 4) is 5.06 Å². The maximum Gasteiger partial charge on any atom is 0.308 e. The molecule has 1 atom stereocenters. The second kappa shape index (κ2) is 10.3. The molecule has 8 heteroatoms. The van der Waals surface area contributed by atoms with Gasteiger partial charge in [-0.2, -0.15) is 0 Å². The van der Waals surface area contributed by atoms with E-state index in [0.29, 0.717) is 30.3 Å². The molecule has 1 aliphatic carbocycles. The summed E-state index contributed by atoms with van der Waals surface area (Å²) in [5, 5.41) is 8.33. The van der Waals surface area contributed by atoms with Gasteiger partial charge in [0.2, 0.25) is 0 Å². The van der Waals surface area contributed by atoms with E-state index >= 15 is 0 Å². The molecule has 6 nitrogen and oxygen atoms in total. The minimum absolute atomic E-state index is 0.0556. The van der Waals surface area contributed by atoms with Crippen LogP contribution in [0, 0.1) is 11.7 Å². The van der Waals surface area contributed by atoms with Crippen molar-refractivity contribution in [2.45, 2.75) is 38.8 Å². The van der Waals surface area contributed by atoms with Crippen LogP contribution in [0.4, 0.5) is 4.39 Å². The number of rotatable bonds is 6. The number of benzene rings is 1. The molecule has 1 aliphatic heterocycles. The summed E-state index contributed by atoms with van der Waals surface area (Å²) < 4.78 is 19.6. The van der Waals surface area contributed by atoms with Gasteiger partial charge in [-0.15, -0.1) is 11.3 Å². The van der Waals surface area contributed by atoms with E-state index in [1.54, 1.807) is 18.2 Å². The number of esters is 1. The predicted molar refractivity (Wildman–Crippen MR) is 113 cm³/mol. The number of ketones is 1. The molecular weight excluding hydrogens is 407 g/mol. The number of nitrogens with two attached hydrogens (primary N) is 1. The summed E-state index contributed by atoms with van der Waals surface area (Å²) in [5.74, 6) is -0.495. The van der Waals surface area contributed by atoms with Gasteiger partial charge in [0.05, 0.1) is 12.6 Å². The second-order valence-electron chi connectivity index (χ2n) is 7.44. The Morgan fingerprint density at radius 2 is 2.07 bits per heavy atom. The fourth-order valence-electron chi connectivity index (χ4n) is 3.56. The molecule has 2 heterocycles. The van der Waals surface area contributed by atoms with Gasteiger partial charge in [0.25, 0.3) is 0 Å². The van der Waals surface area contributed by atoms with Crippen molar-refractivity contribution < 1.29 is 23.8 Å². The van der Waals surface area contributed by atoms with Gasteiger partial charge >= 0.3 is 5.97 Å². The Balaban J connectivity index is 0.000000589. The molecule has 0 spiro atoms. The van der Waals surface area contributed by atoms with Gasteiger partial charge in [-0.3, -0.25) is 14.5 Å². The maximum absolute atomic E-state index is 14.4. The van der Waals surface area contributed by atoms with Gasteiger partial charge in [-0.05, 0) is 37.0 Å². The molecule has 30 heavy (non-hydrogen) atoms. The van der Waals surface area contributed by atoms with Crippen molar-refractivity contribution in [2.24, 2.45) is 11.7 Å². The van der Waals surface area contributed by atoms with Crippen LogP contribution in [0.5, 0.6) is 5.06 Å². The molecule has 1 fully saturated rings. The number of hydrogen-bond donors (Lipinski definition) is 2. The largest absolute Gasteiger partial charge is 0.416 e. The van der Waals surface area contributed by atoms with Gasteiger partial charge in [-0.25, -0.2) is 4.39 Å². The molecule has 0 radical (unpaired) electrons. The molecule has 1 aromatic carbocycles. The van der Waals surface area contributed by atoms with Crippen molar-refractivity contribution in [1.29, 1.82) is 0 Å². The van der Waals surface area contributed by atoms with E-state index in [0.717, 1.165) is 24.8 Å². The average molecular weight is 435 g/mol. The topological polar surface area (TPSA) is 92.9 Å². The van der Waals surface area contributed by atoms with Gasteiger partial charge in [0.1, 0.15) is 5.82 Å². The van der Waals surface area contributed by atoms with Crippen molar-refractivity contribution >= 4 is 23.1 Å². The van der Waals surface area contributed by atoms with Gasteiger partial charge in [-0.1, -0.05) is 18.2 Å². The summed E-state index contributed by atoms with van der Waals surface area (Å²) >= 11 is 1.47. The minimum Gasteiger partial charge on any atom is -0.416 e. The monoisotopic (exact) mass is 434 g/mol. The van der Waals surface area contributed by atoms with Crippen molar-refractivity contribution in [2.75, 3.05) is 19.7 Å². The minimum atomic E-state index is -0.547. The summed E-state index contributed by atoms with van der Waals surface area (Å²) in [6, 6.07) is 7.89. The number of thiophene rings is 1. The quantitative estimate of drug-likeness (QED) is 0.679. The first-order chi connectivity index (χ1) is 14.4. The summed E-state index contributed by atoms with van der Waals surface area (Å²) in [4.78, 5) is 27.4. The van der Waals surface area contributed by atoms with Crippen molar-refractivity contribution in [3.05, 3.63) is 52.2 Å². The molecule has 1 aromatic heterocycles. The standard InChI is InChI=1S/C20H20FNO3S.C2H7NO/c1-12(23)25-18-10-14-11-22(9-8-17(14)26-18)19(20(24)13-6-7-13)15-4-2-3-5-16(15)21;3-1-2-4/h2-5,10,13,19H,6-9,11H2,1H3;4H,1-3H2. The van der Waals surface area contributed by atoms with Gasteiger partial charge in [0.15, 0.2) is 10.8 Å². The molecule has 3 N–H and O–H groups in total. The number of fused-ring (bicyclic) bond motifs is 1. The number of aliphatic hydroxyl groups excluding tert-OH is 1. The summed E-state index contributed by atoms with van der Waals surface area (Å²) in [5.41, 5.74) is 6.30. The van der Waals surface area contributed by atoms with E-state index < -0.39 is 6.04 Å². The highest BCUT2D eigenvalue weighted by molar-refractivity contribution is 7.14. The maximum atomic E-state index is 14.4. The van der Waals surface area contributed by atoms with Crippen LogP contribution in [0.15, 0.2) is 30.3 Å². The molecule has 2 aliphatic rings. The van der Waals surface area contributed by atoms with E-state index in [1.165, 1.54) is 29.2 Å². The third kappa shape index (κ3) is 5.51. The Labute approximate surface area is 179 Å². The zero-order chi connectivity index (χ0) is 21.7. The van der Waals surface area contributed by atoms with E-state index in [-0.39, 0.29) is 30.1 Å². The first kappa shape index (κ1) is 22.6. The lowest BCUT2D eigenvalue weighted by atomic mass is 9.95. The number of carbonyl (C=O) groups excluding carboxylic acids is 2. The smallest absolute Gasteiger partial charge is 0.308 e. The SMILES string of the molecule is CC(=O)Oc1cc2c(s1)CCN(C(C(=O)C1CC1)c1ccccc1F)C2.NCCO. The molecule has 0 saturated heterocycles. The molecule has 1 saturated carbocycles. The molecule has 4 rings (SSSR count). The number of ether oxygens (including phenoxy) is 1. The number of hydrogen-bond acceptors (Lipinski definition) is 7. The average Bonchev–Trinajstić information content (AvgIpc) is 3.50. The number of Topliss-reactive ketones (excluding diaryl/α,β-unsaturated/α-hetero) is 1. The Morgan fingerprint density at radius 3 is 2.67 bits per heavy atom. The highest BCUT2D eigenvalue weighted by atomic mass is 32.1. The molecule has 2 aromatic rings. The van der Waals surface area contributed by atoms with E-state index in [1.807, 2.05) is 6.07 Å². The number of nitrogens with zero attached hydrogens (tertiary/aromatic N) is 1. The molecular formula is C22H27FN2O4S. The van der Waals surface area contributed by atoms with Gasteiger partial charge < -0.3 is 15.6 Å². The predicted octanol–water partition coefficient (Wildman–Crippen LogP) is 2.83. The van der Waals surface area contributed by atoms with Gasteiger partial charge in [0, 0.05) is 42.9 Å². The first-order valence-electron chi connectivity index (χ1n) is 10.1. The van der Waals surface area contributed by atoms with Crippen LogP contribution in [-0.2, 0) is 22.6 Å². The zero-order valence-corrected chi connectivity index (χ0v) is 17.8. The third-order valence-electron chi connectivity index (χ3n) is 5.06. The van der Waals surface area contributed by atoms with E-state index in [4.69, 9.17) is 15.6 Å². The Kier molecular flexibility index (Phi) is 7.71. The number of aliphatic hydroxyl groups is 1. The highest BCUT2D eigenvalue weighted by Gasteiger charge is 2.40.